The van der Waals surface area contributed by atoms with Gasteiger partial charge in [-0.1, -0.05) is 39.0 Å². The van der Waals surface area contributed by atoms with Crippen LogP contribution in [0, 0.1) is 5.41 Å². The van der Waals surface area contributed by atoms with Gasteiger partial charge in [0.15, 0.2) is 5.78 Å². The van der Waals surface area contributed by atoms with E-state index in [4.69, 9.17) is 9.47 Å². The highest BCUT2D eigenvalue weighted by Gasteiger charge is 2.17. The van der Waals surface area contributed by atoms with Gasteiger partial charge in [-0.3, -0.25) is 4.79 Å². The van der Waals surface area contributed by atoms with E-state index in [9.17, 15) is 4.79 Å². The van der Waals surface area contributed by atoms with E-state index in [1.807, 2.05) is 51.1 Å². The van der Waals surface area contributed by atoms with Crippen LogP contribution in [0.25, 0.3) is 6.08 Å². The van der Waals surface area contributed by atoms with E-state index >= 15 is 0 Å². The fourth-order valence-electron chi connectivity index (χ4n) is 1.52. The van der Waals surface area contributed by atoms with Crippen molar-refractivity contribution in [3.05, 3.63) is 42.0 Å². The lowest BCUT2D eigenvalue weighted by atomic mass is 9.91. The van der Waals surface area contributed by atoms with Crippen LogP contribution < -0.4 is 9.47 Å². The van der Waals surface area contributed by atoms with E-state index in [0.29, 0.717) is 0 Å². The predicted octanol–water partition coefficient (Wildman–Crippen LogP) is 3.89. The van der Waals surface area contributed by atoms with Gasteiger partial charge in [-0.05, 0) is 24.3 Å². The Balaban J connectivity index is 2.85. The number of carbonyl (C=O) groups excluding carboxylic acids is 1. The summed E-state index contributed by atoms with van der Waals surface area (Å²) >= 11 is 0. The first-order chi connectivity index (χ1) is 9.38. The Hall–Kier alpha value is -2.03. The normalized spacial score (nSPS) is 12.1. The third-order valence-corrected chi connectivity index (χ3v) is 2.81. The topological polar surface area (TPSA) is 35.5 Å². The SMILES string of the molecule is COc1ccc(OC)c(/C=C/C=C/C(=O)C(C)(C)C)c1. The first kappa shape index (κ1) is 16.0. The van der Waals surface area contributed by atoms with Crippen molar-refractivity contribution in [2.45, 2.75) is 20.8 Å². The molecule has 0 aliphatic rings. The fraction of sp³-hybridized carbons (Fsp3) is 0.353. The molecule has 0 spiro atoms. The molecule has 0 aromatic heterocycles. The molecule has 0 aliphatic heterocycles. The Labute approximate surface area is 120 Å². The lowest BCUT2D eigenvalue weighted by Crippen LogP contribution is -2.17. The standard InChI is InChI=1S/C17H22O3/c1-17(2,3)16(18)9-7-6-8-13-12-14(19-4)10-11-15(13)20-5/h6-12H,1-5H3/b8-6+,9-7+. The average Bonchev–Trinajstić information content (AvgIpc) is 2.41. The molecule has 1 aromatic rings. The van der Waals surface area contributed by atoms with Crippen LogP contribution in [0.4, 0.5) is 0 Å². The van der Waals surface area contributed by atoms with Crippen molar-refractivity contribution in [1.29, 1.82) is 0 Å². The van der Waals surface area contributed by atoms with Gasteiger partial charge in [-0.25, -0.2) is 0 Å². The largest absolute Gasteiger partial charge is 0.497 e. The maximum Gasteiger partial charge on any atom is 0.160 e. The lowest BCUT2D eigenvalue weighted by molar-refractivity contribution is -0.121. The van der Waals surface area contributed by atoms with Crippen molar-refractivity contribution in [3.63, 3.8) is 0 Å². The molecule has 0 atom stereocenters. The van der Waals surface area contributed by atoms with E-state index in [1.165, 1.54) is 0 Å². The van der Waals surface area contributed by atoms with Crippen LogP contribution in [0.3, 0.4) is 0 Å². The lowest BCUT2D eigenvalue weighted by Gasteiger charge is -2.12. The number of allylic oxidation sites excluding steroid dienone is 3. The minimum absolute atomic E-state index is 0.0970. The van der Waals surface area contributed by atoms with Crippen molar-refractivity contribution in [1.82, 2.24) is 0 Å². The van der Waals surface area contributed by atoms with E-state index in [1.54, 1.807) is 26.4 Å². The van der Waals surface area contributed by atoms with Gasteiger partial charge >= 0.3 is 0 Å². The first-order valence-electron chi connectivity index (χ1n) is 6.49. The molecular weight excluding hydrogens is 252 g/mol. The van der Waals surface area contributed by atoms with E-state index in [-0.39, 0.29) is 11.2 Å². The van der Waals surface area contributed by atoms with Crippen molar-refractivity contribution >= 4 is 11.9 Å². The van der Waals surface area contributed by atoms with Crippen molar-refractivity contribution < 1.29 is 14.3 Å². The number of benzene rings is 1. The first-order valence-corrected chi connectivity index (χ1v) is 6.49. The molecule has 0 aliphatic carbocycles. The van der Waals surface area contributed by atoms with Crippen LogP contribution in [0.1, 0.15) is 26.3 Å². The minimum Gasteiger partial charge on any atom is -0.497 e. The summed E-state index contributed by atoms with van der Waals surface area (Å²) in [5.41, 5.74) is 0.553. The second kappa shape index (κ2) is 6.94. The molecule has 108 valence electrons. The molecule has 20 heavy (non-hydrogen) atoms. The van der Waals surface area contributed by atoms with Gasteiger partial charge in [0.25, 0.3) is 0 Å². The maximum absolute atomic E-state index is 11.7. The molecule has 1 aromatic carbocycles. The molecule has 0 heterocycles. The smallest absolute Gasteiger partial charge is 0.160 e. The summed E-state index contributed by atoms with van der Waals surface area (Å²) in [6.07, 6.45) is 7.03. The second-order valence-electron chi connectivity index (χ2n) is 5.44. The molecule has 0 bridgehead atoms. The third kappa shape index (κ3) is 4.57. The van der Waals surface area contributed by atoms with Crippen LogP contribution in [0.15, 0.2) is 36.4 Å². The Morgan fingerprint density at radius 3 is 2.35 bits per heavy atom. The molecule has 0 amide bonds. The summed E-state index contributed by atoms with van der Waals surface area (Å²) in [4.78, 5) is 11.7. The van der Waals surface area contributed by atoms with E-state index in [2.05, 4.69) is 0 Å². The Morgan fingerprint density at radius 2 is 1.80 bits per heavy atom. The van der Waals surface area contributed by atoms with Gasteiger partial charge in [-0.15, -0.1) is 0 Å². The zero-order chi connectivity index (χ0) is 15.2. The molecule has 0 saturated carbocycles. The van der Waals surface area contributed by atoms with Crippen LogP contribution in [0.2, 0.25) is 0 Å². The summed E-state index contributed by atoms with van der Waals surface area (Å²) in [6.45, 7) is 5.69. The Bertz CT molecular complexity index is 520. The van der Waals surface area contributed by atoms with Gasteiger partial charge in [0.2, 0.25) is 0 Å². The summed E-state index contributed by atoms with van der Waals surface area (Å²) in [7, 11) is 3.25. The van der Waals surface area contributed by atoms with E-state index < -0.39 is 0 Å². The van der Waals surface area contributed by atoms with Crippen molar-refractivity contribution in [2.75, 3.05) is 14.2 Å². The minimum atomic E-state index is -0.349. The van der Waals surface area contributed by atoms with Gasteiger partial charge in [0.05, 0.1) is 14.2 Å². The van der Waals surface area contributed by atoms with Crippen LogP contribution in [0.5, 0.6) is 11.5 Å². The Kier molecular flexibility index (Phi) is 5.56. The number of methoxy groups -OCH3 is 2. The van der Waals surface area contributed by atoms with Gasteiger partial charge in [0, 0.05) is 11.0 Å². The molecule has 0 fully saturated rings. The highest BCUT2D eigenvalue weighted by molar-refractivity contribution is 5.94. The average molecular weight is 274 g/mol. The summed E-state index contributed by atoms with van der Waals surface area (Å²) in [6, 6.07) is 5.58. The van der Waals surface area contributed by atoms with Crippen molar-refractivity contribution in [2.24, 2.45) is 5.41 Å². The monoisotopic (exact) mass is 274 g/mol. The van der Waals surface area contributed by atoms with Gasteiger partial charge in [0.1, 0.15) is 11.5 Å². The summed E-state index contributed by atoms with van der Waals surface area (Å²) < 4.78 is 10.5. The number of carbonyl (C=O) groups is 1. The number of hydrogen-bond acceptors (Lipinski definition) is 3. The number of ether oxygens (including phenoxy) is 2. The van der Waals surface area contributed by atoms with Crippen molar-refractivity contribution in [3.8, 4) is 11.5 Å². The zero-order valence-electron chi connectivity index (χ0n) is 12.8. The molecule has 3 nitrogen and oxygen atoms in total. The number of hydrogen-bond donors (Lipinski definition) is 0. The molecule has 0 N–H and O–H groups in total. The van der Waals surface area contributed by atoms with Crippen LogP contribution >= 0.6 is 0 Å². The summed E-state index contributed by atoms with van der Waals surface area (Å²) in [5.74, 6) is 1.62. The molecule has 0 saturated heterocycles. The number of ketones is 1. The maximum atomic E-state index is 11.7. The van der Waals surface area contributed by atoms with Crippen LogP contribution in [-0.4, -0.2) is 20.0 Å². The molecule has 0 radical (unpaired) electrons. The number of rotatable bonds is 5. The third-order valence-electron chi connectivity index (χ3n) is 2.81. The van der Waals surface area contributed by atoms with Gasteiger partial charge in [-0.2, -0.15) is 0 Å². The van der Waals surface area contributed by atoms with Crippen LogP contribution in [-0.2, 0) is 4.79 Å². The summed E-state index contributed by atoms with van der Waals surface area (Å²) in [5, 5.41) is 0. The fourth-order valence-corrected chi connectivity index (χ4v) is 1.52. The van der Waals surface area contributed by atoms with E-state index in [0.717, 1.165) is 17.1 Å². The highest BCUT2D eigenvalue weighted by atomic mass is 16.5. The predicted molar refractivity (Wildman–Crippen MR) is 82.2 cm³/mol. The zero-order valence-corrected chi connectivity index (χ0v) is 12.8. The molecular formula is C17H22O3. The van der Waals surface area contributed by atoms with Gasteiger partial charge < -0.3 is 9.47 Å². The highest BCUT2D eigenvalue weighted by Crippen LogP contribution is 2.25. The quantitative estimate of drug-likeness (QED) is 0.603. The molecule has 1 rings (SSSR count). The second-order valence-corrected chi connectivity index (χ2v) is 5.44. The molecule has 0 unspecified atom stereocenters. The molecule has 3 heteroatoms. The Morgan fingerprint density at radius 1 is 1.10 bits per heavy atom.